The molecule has 0 N–H and O–H groups in total. The predicted molar refractivity (Wildman–Crippen MR) is 106 cm³/mol. The molecule has 1 aliphatic rings. The Balaban J connectivity index is 1.41. The van der Waals surface area contributed by atoms with Crippen LogP contribution in [0, 0.1) is 5.82 Å². The molecule has 0 radical (unpaired) electrons. The normalized spacial score (nSPS) is 15.7. The molecule has 4 aromatic rings. The van der Waals surface area contributed by atoms with Crippen LogP contribution in [0.25, 0.3) is 15.3 Å². The van der Waals surface area contributed by atoms with Crippen LogP contribution in [0.5, 0.6) is 0 Å². The molecule has 0 fully saturated rings. The zero-order valence-corrected chi connectivity index (χ0v) is 16.0. The van der Waals surface area contributed by atoms with Gasteiger partial charge in [-0.1, -0.05) is 29.5 Å². The Labute approximate surface area is 165 Å². The molecule has 0 saturated carbocycles. The van der Waals surface area contributed by atoms with E-state index in [0.717, 1.165) is 39.3 Å². The fraction of sp³-hybridized carbons (Fsp3) is 0.190. The van der Waals surface area contributed by atoms with E-state index in [9.17, 15) is 9.18 Å². The van der Waals surface area contributed by atoms with Crippen LogP contribution >= 0.6 is 11.3 Å². The zero-order valence-electron chi connectivity index (χ0n) is 15.2. The molecule has 7 heteroatoms. The summed E-state index contributed by atoms with van der Waals surface area (Å²) >= 11 is 1.53. The Hall–Kier alpha value is -3.06. The fourth-order valence-corrected chi connectivity index (χ4v) is 4.71. The second kappa shape index (κ2) is 6.53. The molecule has 1 atom stereocenters. The van der Waals surface area contributed by atoms with Gasteiger partial charge in [0.1, 0.15) is 5.82 Å². The van der Waals surface area contributed by atoms with Gasteiger partial charge < -0.3 is 4.90 Å². The van der Waals surface area contributed by atoms with Gasteiger partial charge in [-0.3, -0.25) is 4.79 Å². The van der Waals surface area contributed by atoms with E-state index in [2.05, 4.69) is 10.1 Å². The van der Waals surface area contributed by atoms with Crippen molar-refractivity contribution in [2.45, 2.75) is 18.9 Å². The Morgan fingerprint density at radius 3 is 3.00 bits per heavy atom. The molecular formula is C21H17FN4OS. The van der Waals surface area contributed by atoms with Crippen molar-refractivity contribution in [1.29, 1.82) is 0 Å². The van der Waals surface area contributed by atoms with Gasteiger partial charge in [0, 0.05) is 13.2 Å². The van der Waals surface area contributed by atoms with E-state index >= 15 is 0 Å². The van der Waals surface area contributed by atoms with Crippen LogP contribution in [0.3, 0.4) is 0 Å². The van der Waals surface area contributed by atoms with Crippen LogP contribution in [0.15, 0.2) is 54.9 Å². The number of hydrogen-bond acceptors (Lipinski definition) is 4. The number of rotatable bonds is 3. The lowest BCUT2D eigenvalue weighted by atomic mass is 10.1. The molecule has 0 saturated heterocycles. The van der Waals surface area contributed by atoms with Gasteiger partial charge in [-0.25, -0.2) is 14.1 Å². The highest BCUT2D eigenvalue weighted by molar-refractivity contribution is 7.20. The Bertz CT molecular complexity index is 1170. The summed E-state index contributed by atoms with van der Waals surface area (Å²) in [6.07, 6.45) is 4.87. The van der Waals surface area contributed by atoms with Crippen LogP contribution in [0.1, 0.15) is 33.9 Å². The first-order chi connectivity index (χ1) is 13.6. The van der Waals surface area contributed by atoms with E-state index in [4.69, 9.17) is 0 Å². The highest BCUT2D eigenvalue weighted by Crippen LogP contribution is 2.36. The largest absolute Gasteiger partial charge is 0.335 e. The number of carbonyl (C=O) groups is 1. The summed E-state index contributed by atoms with van der Waals surface area (Å²) in [4.78, 5) is 19.3. The molecule has 28 heavy (non-hydrogen) atoms. The first-order valence-corrected chi connectivity index (χ1v) is 9.88. The average molecular weight is 392 g/mol. The smallest absolute Gasteiger partial charge is 0.257 e. The van der Waals surface area contributed by atoms with Crippen molar-refractivity contribution in [2.75, 3.05) is 7.05 Å². The number of carbonyl (C=O) groups excluding carboxylic acids is 1. The van der Waals surface area contributed by atoms with E-state index in [1.54, 1.807) is 41.2 Å². The SMILES string of the molecule is CN(C(=O)c1cnn(-c2nc3ccccc3s2)c1)C1CCc2cc(F)ccc21. The van der Waals surface area contributed by atoms with Crippen LogP contribution in [0.4, 0.5) is 4.39 Å². The second-order valence-electron chi connectivity index (χ2n) is 6.95. The Morgan fingerprint density at radius 2 is 2.14 bits per heavy atom. The van der Waals surface area contributed by atoms with Gasteiger partial charge in [-0.05, 0) is 48.2 Å². The van der Waals surface area contributed by atoms with E-state index in [1.807, 2.05) is 24.3 Å². The van der Waals surface area contributed by atoms with Gasteiger partial charge in [0.25, 0.3) is 5.91 Å². The monoisotopic (exact) mass is 392 g/mol. The maximum Gasteiger partial charge on any atom is 0.257 e. The van der Waals surface area contributed by atoms with Crippen molar-refractivity contribution in [1.82, 2.24) is 19.7 Å². The Morgan fingerprint density at radius 1 is 1.29 bits per heavy atom. The summed E-state index contributed by atoms with van der Waals surface area (Å²) < 4.78 is 16.2. The minimum Gasteiger partial charge on any atom is -0.335 e. The quantitative estimate of drug-likeness (QED) is 0.520. The number of aryl methyl sites for hydroxylation is 1. The number of benzene rings is 2. The van der Waals surface area contributed by atoms with E-state index < -0.39 is 0 Å². The molecule has 1 unspecified atom stereocenters. The van der Waals surface area contributed by atoms with Crippen LogP contribution in [-0.4, -0.2) is 32.6 Å². The summed E-state index contributed by atoms with van der Waals surface area (Å²) in [5.41, 5.74) is 3.43. The lowest BCUT2D eigenvalue weighted by Crippen LogP contribution is -2.29. The van der Waals surface area contributed by atoms with E-state index in [0.29, 0.717) is 5.56 Å². The van der Waals surface area contributed by atoms with Crippen molar-refractivity contribution < 1.29 is 9.18 Å². The lowest BCUT2D eigenvalue weighted by Gasteiger charge is -2.25. The Kier molecular flexibility index (Phi) is 3.98. The highest BCUT2D eigenvalue weighted by Gasteiger charge is 2.30. The minimum absolute atomic E-state index is 0.0473. The number of halogens is 1. The molecule has 2 aromatic heterocycles. The van der Waals surface area contributed by atoms with Gasteiger partial charge >= 0.3 is 0 Å². The molecule has 2 heterocycles. The summed E-state index contributed by atoms with van der Waals surface area (Å²) in [7, 11) is 1.79. The van der Waals surface area contributed by atoms with E-state index in [-0.39, 0.29) is 17.8 Å². The van der Waals surface area contributed by atoms with Crippen LogP contribution in [-0.2, 0) is 6.42 Å². The van der Waals surface area contributed by atoms with Gasteiger partial charge in [0.15, 0.2) is 0 Å². The third-order valence-corrected chi connectivity index (χ3v) is 6.27. The number of aromatic nitrogens is 3. The molecule has 1 amide bonds. The van der Waals surface area contributed by atoms with Gasteiger partial charge in [0.05, 0.1) is 28.0 Å². The molecule has 1 aliphatic carbocycles. The highest BCUT2D eigenvalue weighted by atomic mass is 32.1. The molecule has 140 valence electrons. The average Bonchev–Trinajstić information content (AvgIpc) is 3.43. The third-order valence-electron chi connectivity index (χ3n) is 5.25. The minimum atomic E-state index is -0.231. The van der Waals surface area contributed by atoms with Crippen LogP contribution < -0.4 is 0 Å². The van der Waals surface area contributed by atoms with Crippen molar-refractivity contribution in [3.8, 4) is 5.13 Å². The molecule has 5 nitrogen and oxygen atoms in total. The predicted octanol–water partition coefficient (Wildman–Crippen LogP) is 4.38. The molecule has 0 spiro atoms. The second-order valence-corrected chi connectivity index (χ2v) is 7.96. The van der Waals surface area contributed by atoms with Gasteiger partial charge in [0.2, 0.25) is 5.13 Å². The summed E-state index contributed by atoms with van der Waals surface area (Å²) in [6.45, 7) is 0. The van der Waals surface area contributed by atoms with Gasteiger partial charge in [-0.2, -0.15) is 5.10 Å². The molecule has 0 aliphatic heterocycles. The number of fused-ring (bicyclic) bond motifs is 2. The van der Waals surface area contributed by atoms with E-state index in [1.165, 1.54) is 17.4 Å². The number of hydrogen-bond donors (Lipinski definition) is 0. The molecular weight excluding hydrogens is 375 g/mol. The summed E-state index contributed by atoms with van der Waals surface area (Å²) in [5.74, 6) is -0.333. The lowest BCUT2D eigenvalue weighted by molar-refractivity contribution is 0.0730. The number of thiazole rings is 1. The number of para-hydroxylation sites is 1. The first-order valence-electron chi connectivity index (χ1n) is 9.06. The summed E-state index contributed by atoms with van der Waals surface area (Å²) in [6, 6.07) is 12.7. The molecule has 5 rings (SSSR count). The first kappa shape index (κ1) is 17.1. The van der Waals surface area contributed by atoms with Gasteiger partial charge in [-0.15, -0.1) is 0 Å². The maximum absolute atomic E-state index is 13.5. The molecule has 0 bridgehead atoms. The van der Waals surface area contributed by atoms with Crippen molar-refractivity contribution in [3.63, 3.8) is 0 Å². The topological polar surface area (TPSA) is 51.0 Å². The maximum atomic E-state index is 13.5. The van der Waals surface area contributed by atoms with Crippen molar-refractivity contribution in [3.05, 3.63) is 77.4 Å². The zero-order chi connectivity index (χ0) is 19.3. The van der Waals surface area contributed by atoms with Crippen molar-refractivity contribution >= 4 is 27.5 Å². The standard InChI is InChI=1S/C21H17FN4OS/c1-25(18-9-6-13-10-15(22)7-8-16(13)18)20(27)14-11-23-26(12-14)21-24-17-4-2-3-5-19(17)28-21/h2-5,7-8,10-12,18H,6,9H2,1H3. The number of nitrogens with zero attached hydrogens (tertiary/aromatic N) is 4. The fourth-order valence-electron chi connectivity index (χ4n) is 3.81. The van der Waals surface area contributed by atoms with Crippen LogP contribution in [0.2, 0.25) is 0 Å². The summed E-state index contributed by atoms with van der Waals surface area (Å²) in [5, 5.41) is 5.06. The third kappa shape index (κ3) is 2.79. The number of amides is 1. The van der Waals surface area contributed by atoms with Crippen molar-refractivity contribution in [2.24, 2.45) is 0 Å². The molecule has 2 aromatic carbocycles.